The van der Waals surface area contributed by atoms with Gasteiger partial charge in [0, 0.05) is 12.7 Å². The van der Waals surface area contributed by atoms with Crippen molar-refractivity contribution in [3.8, 4) is 11.5 Å². The van der Waals surface area contributed by atoms with Crippen molar-refractivity contribution >= 4 is 33.1 Å². The standard InChI is InChI=1S/C17H16N2O4S/c1-19-14-8-3-11(9-15(14)24-17(19)21)18-16(20)10-23-13-6-4-12(22-2)5-7-13/h3-9H,10H2,1-2H3,(H,18,20). The van der Waals surface area contributed by atoms with Gasteiger partial charge in [0.2, 0.25) is 0 Å². The molecule has 6 nitrogen and oxygen atoms in total. The maximum absolute atomic E-state index is 12.0. The minimum atomic E-state index is -0.270. The van der Waals surface area contributed by atoms with Crippen LogP contribution in [0.5, 0.6) is 11.5 Å². The lowest BCUT2D eigenvalue weighted by atomic mass is 10.3. The van der Waals surface area contributed by atoms with E-state index in [-0.39, 0.29) is 17.4 Å². The van der Waals surface area contributed by atoms with Gasteiger partial charge in [-0.05, 0) is 42.5 Å². The number of hydrogen-bond donors (Lipinski definition) is 1. The summed E-state index contributed by atoms with van der Waals surface area (Å²) in [5.74, 6) is 1.04. The molecule has 0 fully saturated rings. The SMILES string of the molecule is COc1ccc(OCC(=O)Nc2ccc3c(c2)sc(=O)n3C)cc1. The molecular formula is C17H16N2O4S. The van der Waals surface area contributed by atoms with Crippen molar-refractivity contribution in [1.82, 2.24) is 4.57 Å². The number of anilines is 1. The van der Waals surface area contributed by atoms with Gasteiger partial charge >= 0.3 is 4.87 Å². The quantitative estimate of drug-likeness (QED) is 0.772. The molecule has 1 heterocycles. The molecule has 1 aromatic heterocycles. The van der Waals surface area contributed by atoms with Crippen LogP contribution < -0.4 is 19.7 Å². The number of hydrogen-bond acceptors (Lipinski definition) is 5. The molecule has 0 aliphatic rings. The highest BCUT2D eigenvalue weighted by molar-refractivity contribution is 7.16. The highest BCUT2D eigenvalue weighted by Crippen LogP contribution is 2.21. The van der Waals surface area contributed by atoms with Crippen molar-refractivity contribution in [1.29, 1.82) is 0 Å². The molecule has 0 atom stereocenters. The van der Waals surface area contributed by atoms with Gasteiger partial charge in [0.05, 0.1) is 17.3 Å². The number of nitrogens with one attached hydrogen (secondary N) is 1. The average Bonchev–Trinajstić information content (AvgIpc) is 2.87. The first kappa shape index (κ1) is 16.1. The number of fused-ring (bicyclic) bond motifs is 1. The van der Waals surface area contributed by atoms with Gasteiger partial charge in [0.25, 0.3) is 5.91 Å². The van der Waals surface area contributed by atoms with Crippen LogP contribution in [0.4, 0.5) is 5.69 Å². The number of rotatable bonds is 5. The zero-order valence-electron chi connectivity index (χ0n) is 13.2. The summed E-state index contributed by atoms with van der Waals surface area (Å²) in [6, 6.07) is 12.4. The van der Waals surface area contributed by atoms with Gasteiger partial charge in [-0.15, -0.1) is 0 Å². The Balaban J connectivity index is 1.62. The largest absolute Gasteiger partial charge is 0.497 e. The van der Waals surface area contributed by atoms with Crippen molar-refractivity contribution in [3.05, 3.63) is 52.1 Å². The van der Waals surface area contributed by atoms with E-state index in [1.54, 1.807) is 55.1 Å². The number of carbonyl (C=O) groups is 1. The van der Waals surface area contributed by atoms with Gasteiger partial charge in [-0.2, -0.15) is 0 Å². The summed E-state index contributed by atoms with van der Waals surface area (Å²) < 4.78 is 12.9. The summed E-state index contributed by atoms with van der Waals surface area (Å²) in [4.78, 5) is 23.6. The lowest BCUT2D eigenvalue weighted by Crippen LogP contribution is -2.20. The Morgan fingerprint density at radius 3 is 2.58 bits per heavy atom. The molecule has 1 N–H and O–H groups in total. The third-order valence-corrected chi connectivity index (χ3v) is 4.50. The van der Waals surface area contributed by atoms with E-state index in [2.05, 4.69) is 5.32 Å². The van der Waals surface area contributed by atoms with Crippen LogP contribution in [0.25, 0.3) is 10.2 Å². The molecule has 24 heavy (non-hydrogen) atoms. The molecule has 7 heteroatoms. The number of methoxy groups -OCH3 is 1. The fraction of sp³-hybridized carbons (Fsp3) is 0.176. The van der Waals surface area contributed by atoms with Crippen LogP contribution in [0.15, 0.2) is 47.3 Å². The first-order valence-corrected chi connectivity index (χ1v) is 8.05. The Kier molecular flexibility index (Phi) is 4.52. The molecule has 0 aliphatic heterocycles. The zero-order chi connectivity index (χ0) is 17.1. The number of benzene rings is 2. The van der Waals surface area contributed by atoms with Gasteiger partial charge in [-0.25, -0.2) is 0 Å². The van der Waals surface area contributed by atoms with Crippen LogP contribution in [-0.4, -0.2) is 24.2 Å². The molecule has 0 saturated carbocycles. The Hall–Kier alpha value is -2.80. The molecule has 0 aliphatic carbocycles. The maximum atomic E-state index is 12.0. The second-order valence-corrected chi connectivity index (χ2v) is 6.12. The summed E-state index contributed by atoms with van der Waals surface area (Å²) in [5, 5.41) is 2.76. The van der Waals surface area contributed by atoms with E-state index in [0.29, 0.717) is 11.4 Å². The Morgan fingerprint density at radius 1 is 1.17 bits per heavy atom. The molecule has 3 aromatic rings. The molecule has 0 radical (unpaired) electrons. The first-order chi connectivity index (χ1) is 11.6. The molecule has 0 spiro atoms. The van der Waals surface area contributed by atoms with E-state index < -0.39 is 0 Å². The molecule has 2 aromatic carbocycles. The number of ether oxygens (including phenoxy) is 2. The lowest BCUT2D eigenvalue weighted by molar-refractivity contribution is -0.118. The summed E-state index contributed by atoms with van der Waals surface area (Å²) in [7, 11) is 3.31. The van der Waals surface area contributed by atoms with Gasteiger partial charge in [0.15, 0.2) is 6.61 Å². The topological polar surface area (TPSA) is 69.6 Å². The summed E-state index contributed by atoms with van der Waals surface area (Å²) in [6.45, 7) is -0.102. The van der Waals surface area contributed by atoms with E-state index in [4.69, 9.17) is 9.47 Å². The minimum Gasteiger partial charge on any atom is -0.497 e. The second kappa shape index (κ2) is 6.76. The van der Waals surface area contributed by atoms with E-state index in [0.717, 1.165) is 27.3 Å². The molecule has 0 saturated heterocycles. The Morgan fingerprint density at radius 2 is 1.88 bits per heavy atom. The zero-order valence-corrected chi connectivity index (χ0v) is 14.1. The van der Waals surface area contributed by atoms with Gasteiger partial charge in [-0.1, -0.05) is 11.3 Å². The number of nitrogens with zero attached hydrogens (tertiary/aromatic N) is 1. The fourth-order valence-electron chi connectivity index (χ4n) is 2.23. The van der Waals surface area contributed by atoms with Crippen LogP contribution in [0.1, 0.15) is 0 Å². The maximum Gasteiger partial charge on any atom is 0.307 e. The summed E-state index contributed by atoms with van der Waals surface area (Å²) in [5.41, 5.74) is 1.48. The number of aromatic nitrogens is 1. The third-order valence-electron chi connectivity index (χ3n) is 3.51. The van der Waals surface area contributed by atoms with Crippen molar-refractivity contribution in [2.24, 2.45) is 7.05 Å². The van der Waals surface area contributed by atoms with E-state index >= 15 is 0 Å². The predicted octanol–water partition coefficient (Wildman–Crippen LogP) is 2.63. The Bertz CT molecular complexity index is 928. The van der Waals surface area contributed by atoms with E-state index in [1.165, 1.54) is 0 Å². The highest BCUT2D eigenvalue weighted by atomic mass is 32.1. The average molecular weight is 344 g/mol. The predicted molar refractivity (Wildman–Crippen MR) is 94.2 cm³/mol. The van der Waals surface area contributed by atoms with Crippen molar-refractivity contribution in [2.45, 2.75) is 0 Å². The second-order valence-electron chi connectivity index (χ2n) is 5.12. The van der Waals surface area contributed by atoms with Crippen molar-refractivity contribution in [2.75, 3.05) is 19.0 Å². The molecule has 0 unspecified atom stereocenters. The number of thiazole rings is 1. The van der Waals surface area contributed by atoms with Crippen molar-refractivity contribution < 1.29 is 14.3 Å². The fourth-order valence-corrected chi connectivity index (χ4v) is 3.15. The van der Waals surface area contributed by atoms with Gasteiger partial charge in [-0.3, -0.25) is 9.59 Å². The highest BCUT2D eigenvalue weighted by Gasteiger charge is 2.08. The molecule has 124 valence electrons. The normalized spacial score (nSPS) is 10.6. The van der Waals surface area contributed by atoms with E-state index in [1.807, 2.05) is 6.07 Å². The Labute approximate surface area is 142 Å². The van der Waals surface area contributed by atoms with Crippen LogP contribution in [0.2, 0.25) is 0 Å². The number of carbonyl (C=O) groups excluding carboxylic acids is 1. The van der Waals surface area contributed by atoms with Gasteiger partial charge < -0.3 is 19.4 Å². The summed E-state index contributed by atoms with van der Waals surface area (Å²) >= 11 is 1.15. The van der Waals surface area contributed by atoms with E-state index in [9.17, 15) is 9.59 Å². The van der Waals surface area contributed by atoms with Gasteiger partial charge in [0.1, 0.15) is 11.5 Å². The van der Waals surface area contributed by atoms with Crippen LogP contribution in [-0.2, 0) is 11.8 Å². The minimum absolute atomic E-state index is 0.0312. The lowest BCUT2D eigenvalue weighted by Gasteiger charge is -2.08. The molecular weight excluding hydrogens is 328 g/mol. The van der Waals surface area contributed by atoms with Crippen LogP contribution in [0, 0.1) is 0 Å². The monoisotopic (exact) mass is 344 g/mol. The number of aryl methyl sites for hydroxylation is 1. The third kappa shape index (κ3) is 3.41. The summed E-state index contributed by atoms with van der Waals surface area (Å²) in [6.07, 6.45) is 0. The van der Waals surface area contributed by atoms with Crippen LogP contribution >= 0.6 is 11.3 Å². The number of amides is 1. The molecule has 3 rings (SSSR count). The molecule has 0 bridgehead atoms. The smallest absolute Gasteiger partial charge is 0.307 e. The van der Waals surface area contributed by atoms with Crippen molar-refractivity contribution in [3.63, 3.8) is 0 Å². The first-order valence-electron chi connectivity index (χ1n) is 7.23. The molecule has 1 amide bonds. The van der Waals surface area contributed by atoms with Crippen LogP contribution in [0.3, 0.4) is 0 Å².